The van der Waals surface area contributed by atoms with Crippen LogP contribution in [-0.2, 0) is 20.7 Å². The Balaban J connectivity index is 1.43. The molecular weight excluding hydrogens is 520 g/mol. The fourth-order valence-corrected chi connectivity index (χ4v) is 12.4. The molecule has 12 atom stereocenters. The van der Waals surface area contributed by atoms with Gasteiger partial charge in [-0.1, -0.05) is 83.5 Å². The minimum Gasteiger partial charge on any atom is -0.469 e. The van der Waals surface area contributed by atoms with Crippen LogP contribution in [-0.4, -0.2) is 30.6 Å². The highest BCUT2D eigenvalue weighted by Crippen LogP contribution is 2.76. The molecule has 0 spiro atoms. The van der Waals surface area contributed by atoms with Gasteiger partial charge in [-0.3, -0.25) is 4.79 Å². The summed E-state index contributed by atoms with van der Waals surface area (Å²) in [5, 5.41) is 11.8. The number of hydrogen-bond acceptors (Lipinski definition) is 4. The highest BCUT2D eigenvalue weighted by Gasteiger charge is 2.71. The molecule has 5 aliphatic rings. The molecule has 1 N–H and O–H groups in total. The van der Waals surface area contributed by atoms with E-state index in [0.717, 1.165) is 64.1 Å². The van der Waals surface area contributed by atoms with E-state index in [4.69, 9.17) is 4.74 Å². The van der Waals surface area contributed by atoms with Gasteiger partial charge in [0.1, 0.15) is 6.29 Å². The number of fused-ring (bicyclic) bond motifs is 7. The molecule has 4 saturated carbocycles. The summed E-state index contributed by atoms with van der Waals surface area (Å²) in [6.45, 7) is 14.4. The third-order valence-corrected chi connectivity index (χ3v) is 15.0. The number of esters is 1. The number of methoxy groups -OCH3 is 1. The number of aldehydes is 1. The van der Waals surface area contributed by atoms with E-state index in [-0.39, 0.29) is 40.0 Å². The molecule has 4 heteroatoms. The largest absolute Gasteiger partial charge is 0.469 e. The van der Waals surface area contributed by atoms with Gasteiger partial charge >= 0.3 is 5.97 Å². The number of hydrogen-bond donors (Lipinski definition) is 1. The number of allylic oxidation sites excluding steroid dienone is 2. The van der Waals surface area contributed by atoms with E-state index in [1.54, 1.807) is 7.11 Å². The molecule has 0 aromatic heterocycles. The number of ether oxygens (including phenoxy) is 1. The molecule has 42 heavy (non-hydrogen) atoms. The average molecular weight is 575 g/mol. The van der Waals surface area contributed by atoms with Crippen molar-refractivity contribution in [1.29, 1.82) is 0 Å². The Morgan fingerprint density at radius 1 is 1.00 bits per heavy atom. The smallest absolute Gasteiger partial charge is 0.312 e. The third-order valence-electron chi connectivity index (χ3n) is 15.0. The molecule has 0 bridgehead atoms. The Morgan fingerprint density at radius 3 is 2.38 bits per heavy atom. The summed E-state index contributed by atoms with van der Waals surface area (Å²) >= 11 is 0. The van der Waals surface area contributed by atoms with E-state index >= 15 is 0 Å². The lowest BCUT2D eigenvalue weighted by molar-refractivity contribution is -0.218. The van der Waals surface area contributed by atoms with E-state index < -0.39 is 16.9 Å². The van der Waals surface area contributed by atoms with E-state index in [1.165, 1.54) is 11.1 Å². The summed E-state index contributed by atoms with van der Waals surface area (Å²) in [6.07, 6.45) is 11.8. The Hall–Kier alpha value is -1.94. The average Bonchev–Trinajstić information content (AvgIpc) is 2.98. The fraction of sp³-hybridized carbons (Fsp3) is 0.737. The van der Waals surface area contributed by atoms with Crippen LogP contribution < -0.4 is 0 Å². The lowest BCUT2D eigenvalue weighted by Crippen LogP contribution is -2.67. The lowest BCUT2D eigenvalue weighted by Gasteiger charge is -2.71. The summed E-state index contributed by atoms with van der Waals surface area (Å²) in [6, 6.07) is 10.5. The molecule has 0 saturated heterocycles. The van der Waals surface area contributed by atoms with Crippen LogP contribution in [0.5, 0.6) is 0 Å². The van der Waals surface area contributed by atoms with E-state index in [2.05, 4.69) is 71.9 Å². The molecule has 4 fully saturated rings. The van der Waals surface area contributed by atoms with Crippen molar-refractivity contribution in [2.45, 2.75) is 105 Å². The molecular formula is C38H54O4. The number of benzene rings is 1. The summed E-state index contributed by atoms with van der Waals surface area (Å²) in [4.78, 5) is 26.5. The van der Waals surface area contributed by atoms with Gasteiger partial charge in [-0.05, 0) is 115 Å². The predicted molar refractivity (Wildman–Crippen MR) is 166 cm³/mol. The second-order valence-electron chi connectivity index (χ2n) is 16.4. The van der Waals surface area contributed by atoms with Crippen LogP contribution in [0.2, 0.25) is 0 Å². The van der Waals surface area contributed by atoms with Crippen molar-refractivity contribution in [3.63, 3.8) is 0 Å². The predicted octanol–water partition coefficient (Wildman–Crippen LogP) is 7.83. The number of carbonyl (C=O) groups is 2. The first-order chi connectivity index (χ1) is 19.8. The van der Waals surface area contributed by atoms with Crippen LogP contribution in [0.1, 0.15) is 98.5 Å². The molecule has 0 heterocycles. The SMILES string of the molecule is COC(=O)[C@]12CC[C@@H](C)[C@H](C)[C@H]1C1=CC[C@@H]3[C@@]4(C)C[C@@H](Cc5ccccc5)[C@H](O)C(C)(C=O)C4CC[C@@]3(C)[C@]1(C)CC2. The van der Waals surface area contributed by atoms with Gasteiger partial charge in [-0.2, -0.15) is 0 Å². The van der Waals surface area contributed by atoms with Gasteiger partial charge < -0.3 is 14.6 Å². The van der Waals surface area contributed by atoms with Crippen molar-refractivity contribution < 1.29 is 19.4 Å². The number of rotatable bonds is 4. The van der Waals surface area contributed by atoms with Gasteiger partial charge in [-0.25, -0.2) is 0 Å². The Labute approximate surface area is 254 Å². The van der Waals surface area contributed by atoms with Crippen LogP contribution in [0.4, 0.5) is 0 Å². The van der Waals surface area contributed by atoms with Crippen LogP contribution in [0.25, 0.3) is 0 Å². The normalized spacial score (nSPS) is 49.8. The molecule has 1 aromatic carbocycles. The highest BCUT2D eigenvalue weighted by atomic mass is 16.5. The van der Waals surface area contributed by atoms with Crippen molar-refractivity contribution in [2.24, 2.45) is 62.6 Å². The molecule has 230 valence electrons. The van der Waals surface area contributed by atoms with Crippen molar-refractivity contribution in [3.8, 4) is 0 Å². The quantitative estimate of drug-likeness (QED) is 0.226. The minimum absolute atomic E-state index is 0.0000248. The van der Waals surface area contributed by atoms with Gasteiger partial charge in [-0.15, -0.1) is 0 Å². The molecule has 4 nitrogen and oxygen atoms in total. The van der Waals surface area contributed by atoms with Crippen LogP contribution in [0.3, 0.4) is 0 Å². The highest BCUT2D eigenvalue weighted by molar-refractivity contribution is 5.78. The van der Waals surface area contributed by atoms with Gasteiger partial charge in [0.2, 0.25) is 0 Å². The van der Waals surface area contributed by atoms with Gasteiger partial charge in [0.05, 0.1) is 24.0 Å². The number of carbonyl (C=O) groups excluding carboxylic acids is 2. The van der Waals surface area contributed by atoms with Crippen molar-refractivity contribution in [3.05, 3.63) is 47.5 Å². The Kier molecular flexibility index (Phi) is 7.20. The lowest BCUT2D eigenvalue weighted by atomic mass is 9.32. The molecule has 0 radical (unpaired) electrons. The fourth-order valence-electron chi connectivity index (χ4n) is 12.4. The standard InChI is InChI=1S/C38H54O4/c1-24-15-18-38(33(41)42-7)20-19-36(5)28(31(38)25(24)2)13-14-30-34(3)22-27(21-26-11-9-8-10-12-26)32(40)35(4,23-39)29(34)16-17-37(30,36)6/h8-13,23-25,27,29-32,40H,14-22H2,1-7H3/t24-,25+,27-,29?,30-,31+,32+,34+,35?,36-,37-,38+/m1/s1. The van der Waals surface area contributed by atoms with Crippen molar-refractivity contribution in [2.75, 3.05) is 7.11 Å². The minimum atomic E-state index is -0.751. The first-order valence-corrected chi connectivity index (χ1v) is 16.8. The molecule has 0 aliphatic heterocycles. The number of aliphatic hydroxyl groups is 1. The Morgan fingerprint density at radius 2 is 1.71 bits per heavy atom. The zero-order valence-electron chi connectivity index (χ0n) is 27.1. The van der Waals surface area contributed by atoms with Crippen LogP contribution in [0.15, 0.2) is 42.0 Å². The first-order valence-electron chi connectivity index (χ1n) is 16.8. The maximum Gasteiger partial charge on any atom is 0.312 e. The zero-order chi connectivity index (χ0) is 30.3. The maximum absolute atomic E-state index is 13.6. The number of aliphatic hydroxyl groups excluding tert-OH is 1. The molecule has 2 unspecified atom stereocenters. The maximum atomic E-state index is 13.6. The third kappa shape index (κ3) is 3.81. The van der Waals surface area contributed by atoms with Crippen LogP contribution >= 0.6 is 0 Å². The van der Waals surface area contributed by atoms with Gasteiger partial charge in [0, 0.05) is 0 Å². The summed E-state index contributed by atoms with van der Waals surface area (Å²) < 4.78 is 5.55. The monoisotopic (exact) mass is 574 g/mol. The summed E-state index contributed by atoms with van der Waals surface area (Å²) in [5.74, 6) is 1.88. The molecule has 0 amide bonds. The zero-order valence-corrected chi connectivity index (χ0v) is 27.1. The van der Waals surface area contributed by atoms with E-state index in [1.807, 2.05) is 6.07 Å². The van der Waals surface area contributed by atoms with E-state index in [9.17, 15) is 14.7 Å². The molecule has 1 aromatic rings. The Bertz CT molecular complexity index is 1250. The topological polar surface area (TPSA) is 63.6 Å². The summed E-state index contributed by atoms with van der Waals surface area (Å²) in [5.41, 5.74) is 1.62. The van der Waals surface area contributed by atoms with Crippen LogP contribution in [0, 0.1) is 62.6 Å². The van der Waals surface area contributed by atoms with E-state index in [0.29, 0.717) is 17.8 Å². The van der Waals surface area contributed by atoms with Gasteiger partial charge in [0.25, 0.3) is 0 Å². The first kappa shape index (κ1) is 30.1. The molecule has 6 rings (SSSR count). The van der Waals surface area contributed by atoms with Crippen molar-refractivity contribution >= 4 is 12.3 Å². The second-order valence-corrected chi connectivity index (χ2v) is 16.4. The van der Waals surface area contributed by atoms with Gasteiger partial charge in [0.15, 0.2) is 0 Å². The molecule has 5 aliphatic carbocycles. The van der Waals surface area contributed by atoms with Crippen molar-refractivity contribution in [1.82, 2.24) is 0 Å². The summed E-state index contributed by atoms with van der Waals surface area (Å²) in [7, 11) is 1.58. The second kappa shape index (κ2) is 10.0.